The molecule has 216 valence electrons. The van der Waals surface area contributed by atoms with Crippen LogP contribution in [0.3, 0.4) is 0 Å². The Hall–Kier alpha value is -4.24. The van der Waals surface area contributed by atoms with E-state index in [1.165, 1.54) is 24.3 Å². The van der Waals surface area contributed by atoms with Gasteiger partial charge in [0.2, 0.25) is 17.7 Å². The number of carboxylic acid groups (broad SMARTS) is 3. The number of phenolic OH excluding ortho intramolecular Hbond substituents is 1. The maximum atomic E-state index is 13.0. The summed E-state index contributed by atoms with van der Waals surface area (Å²) in [6.45, 7) is 0.291. The van der Waals surface area contributed by atoms with Crippen LogP contribution in [0.2, 0.25) is 0 Å². The van der Waals surface area contributed by atoms with Crippen LogP contribution in [0.1, 0.15) is 44.1 Å². The smallest absolute Gasteiger partial charge is 0.326 e. The zero-order valence-electron chi connectivity index (χ0n) is 21.2. The number of benzene rings is 1. The Morgan fingerprint density at radius 1 is 0.744 bits per heavy atom. The molecule has 0 aliphatic carbocycles. The van der Waals surface area contributed by atoms with Gasteiger partial charge >= 0.3 is 17.9 Å². The van der Waals surface area contributed by atoms with Gasteiger partial charge < -0.3 is 47.8 Å². The minimum absolute atomic E-state index is 0.0224. The number of nitrogens with two attached hydrogens (primary N) is 2. The van der Waals surface area contributed by atoms with Gasteiger partial charge in [0.05, 0.1) is 12.5 Å². The summed E-state index contributed by atoms with van der Waals surface area (Å²) < 4.78 is 0. The van der Waals surface area contributed by atoms with E-state index in [1.54, 1.807) is 0 Å². The third-order valence-corrected chi connectivity index (χ3v) is 5.58. The summed E-state index contributed by atoms with van der Waals surface area (Å²) in [6, 6.07) is 0.0774. The number of amides is 3. The van der Waals surface area contributed by atoms with E-state index in [0.29, 0.717) is 24.9 Å². The van der Waals surface area contributed by atoms with Crippen LogP contribution >= 0.6 is 0 Å². The molecule has 15 nitrogen and oxygen atoms in total. The molecule has 0 saturated carbocycles. The molecule has 0 saturated heterocycles. The molecule has 0 bridgehead atoms. The number of carboxylic acids is 3. The van der Waals surface area contributed by atoms with Gasteiger partial charge in [0, 0.05) is 12.8 Å². The molecule has 1 aromatic rings. The molecule has 15 heteroatoms. The Kier molecular flexibility index (Phi) is 13.9. The van der Waals surface area contributed by atoms with E-state index in [4.69, 9.17) is 21.7 Å². The zero-order valence-corrected chi connectivity index (χ0v) is 21.2. The maximum Gasteiger partial charge on any atom is 0.326 e. The molecule has 39 heavy (non-hydrogen) atoms. The highest BCUT2D eigenvalue weighted by Crippen LogP contribution is 2.12. The topological polar surface area (TPSA) is 271 Å². The second-order valence-corrected chi connectivity index (χ2v) is 8.81. The van der Waals surface area contributed by atoms with Crippen molar-refractivity contribution in [2.24, 2.45) is 11.5 Å². The quantitative estimate of drug-likeness (QED) is 0.0917. The Labute approximate surface area is 223 Å². The van der Waals surface area contributed by atoms with Crippen LogP contribution in [0.5, 0.6) is 5.75 Å². The monoisotopic (exact) mass is 553 g/mol. The molecule has 4 atom stereocenters. The standard InChI is InChI=1S/C24H35N5O10/c25-10-2-1-3-16(22(36)29-18(24(38)39)11-13-4-6-14(30)7-5-13)28-23(37)17(8-9-19(31)32)27-21(35)15(26)12-20(33)34/h4-7,15-18,30H,1-3,8-12,25-26H2,(H,27,35)(H,28,37)(H,29,36)(H,31,32)(H,33,34)(H,38,39). The van der Waals surface area contributed by atoms with Crippen molar-refractivity contribution in [3.05, 3.63) is 29.8 Å². The first-order chi connectivity index (χ1) is 18.3. The number of unbranched alkanes of at least 4 members (excludes halogenated alkanes) is 1. The molecule has 0 fully saturated rings. The minimum atomic E-state index is -1.51. The molecule has 1 rings (SSSR count). The van der Waals surface area contributed by atoms with Gasteiger partial charge in [0.15, 0.2) is 0 Å². The highest BCUT2D eigenvalue weighted by atomic mass is 16.4. The van der Waals surface area contributed by atoms with E-state index < -0.39 is 72.6 Å². The number of rotatable bonds is 18. The van der Waals surface area contributed by atoms with Gasteiger partial charge in [-0.1, -0.05) is 12.1 Å². The van der Waals surface area contributed by atoms with Crippen LogP contribution in [0, 0.1) is 0 Å². The molecule has 0 heterocycles. The molecule has 0 spiro atoms. The fraction of sp³-hybridized carbons (Fsp3) is 0.500. The Morgan fingerprint density at radius 3 is 1.79 bits per heavy atom. The molecular formula is C24H35N5O10. The van der Waals surface area contributed by atoms with Gasteiger partial charge in [-0.25, -0.2) is 4.79 Å². The van der Waals surface area contributed by atoms with E-state index in [1.807, 2.05) is 0 Å². The third kappa shape index (κ3) is 12.7. The molecule has 11 N–H and O–H groups in total. The van der Waals surface area contributed by atoms with E-state index in [-0.39, 0.29) is 25.0 Å². The summed E-state index contributed by atoms with van der Waals surface area (Å²) >= 11 is 0. The predicted octanol–water partition coefficient (Wildman–Crippen LogP) is -1.73. The number of aliphatic carboxylic acids is 3. The third-order valence-electron chi connectivity index (χ3n) is 5.58. The van der Waals surface area contributed by atoms with Crippen LogP contribution in [-0.2, 0) is 35.2 Å². The summed E-state index contributed by atoms with van der Waals surface area (Å²) in [6.07, 6.45) is -0.867. The van der Waals surface area contributed by atoms with Crippen molar-refractivity contribution in [3.63, 3.8) is 0 Å². The van der Waals surface area contributed by atoms with Gasteiger partial charge in [-0.15, -0.1) is 0 Å². The summed E-state index contributed by atoms with van der Waals surface area (Å²) in [7, 11) is 0. The predicted molar refractivity (Wildman–Crippen MR) is 135 cm³/mol. The molecule has 0 aliphatic heterocycles. The van der Waals surface area contributed by atoms with E-state index in [0.717, 1.165) is 0 Å². The lowest BCUT2D eigenvalue weighted by molar-refractivity contribution is -0.142. The van der Waals surface area contributed by atoms with Crippen molar-refractivity contribution < 1.29 is 49.2 Å². The van der Waals surface area contributed by atoms with E-state index >= 15 is 0 Å². The summed E-state index contributed by atoms with van der Waals surface area (Å²) in [5.41, 5.74) is 11.5. The number of hydrogen-bond acceptors (Lipinski definition) is 9. The number of carbonyl (C=O) groups is 6. The minimum Gasteiger partial charge on any atom is -0.508 e. The van der Waals surface area contributed by atoms with Crippen molar-refractivity contribution in [3.8, 4) is 5.75 Å². The van der Waals surface area contributed by atoms with Crippen molar-refractivity contribution in [1.29, 1.82) is 0 Å². The summed E-state index contributed by atoms with van der Waals surface area (Å²) in [4.78, 5) is 72.0. The largest absolute Gasteiger partial charge is 0.508 e. The van der Waals surface area contributed by atoms with Crippen molar-refractivity contribution in [2.45, 2.75) is 69.1 Å². The van der Waals surface area contributed by atoms with Gasteiger partial charge in [-0.2, -0.15) is 0 Å². The molecule has 1 aromatic carbocycles. The molecule has 0 radical (unpaired) electrons. The Balaban J connectivity index is 3.05. The first-order valence-corrected chi connectivity index (χ1v) is 12.1. The fourth-order valence-corrected chi connectivity index (χ4v) is 3.47. The lowest BCUT2D eigenvalue weighted by atomic mass is 10.0. The second-order valence-electron chi connectivity index (χ2n) is 8.81. The molecule has 4 unspecified atom stereocenters. The molecular weight excluding hydrogens is 518 g/mol. The number of carbonyl (C=O) groups excluding carboxylic acids is 3. The van der Waals surface area contributed by atoms with Crippen LogP contribution < -0.4 is 27.4 Å². The van der Waals surface area contributed by atoms with Crippen LogP contribution in [0.15, 0.2) is 24.3 Å². The molecule has 0 aromatic heterocycles. The second kappa shape index (κ2) is 16.6. The van der Waals surface area contributed by atoms with Gasteiger partial charge in [0.1, 0.15) is 23.9 Å². The van der Waals surface area contributed by atoms with E-state index in [2.05, 4.69) is 16.0 Å². The molecule has 3 amide bonds. The van der Waals surface area contributed by atoms with Gasteiger partial charge in [-0.05, 0) is 49.9 Å². The number of aromatic hydroxyl groups is 1. The first kappa shape index (κ1) is 32.8. The van der Waals surface area contributed by atoms with Gasteiger partial charge in [-0.3, -0.25) is 24.0 Å². The summed E-state index contributed by atoms with van der Waals surface area (Å²) in [5.74, 6) is -6.78. The van der Waals surface area contributed by atoms with E-state index in [9.17, 15) is 39.0 Å². The zero-order chi connectivity index (χ0) is 29.5. The summed E-state index contributed by atoms with van der Waals surface area (Å²) in [5, 5.41) is 43.9. The average Bonchev–Trinajstić information content (AvgIpc) is 2.85. The molecule has 0 aliphatic rings. The average molecular weight is 554 g/mol. The van der Waals surface area contributed by atoms with Crippen LogP contribution in [0.4, 0.5) is 0 Å². The number of phenols is 1. The highest BCUT2D eigenvalue weighted by molar-refractivity contribution is 5.95. The lowest BCUT2D eigenvalue weighted by Crippen LogP contribution is -2.57. The highest BCUT2D eigenvalue weighted by Gasteiger charge is 2.31. The Morgan fingerprint density at radius 2 is 1.28 bits per heavy atom. The fourth-order valence-electron chi connectivity index (χ4n) is 3.47. The first-order valence-electron chi connectivity index (χ1n) is 12.1. The van der Waals surface area contributed by atoms with Crippen molar-refractivity contribution >= 4 is 35.6 Å². The van der Waals surface area contributed by atoms with Gasteiger partial charge in [0.25, 0.3) is 0 Å². The number of nitrogens with one attached hydrogen (secondary N) is 3. The Bertz CT molecular complexity index is 1020. The lowest BCUT2D eigenvalue weighted by Gasteiger charge is -2.25. The SMILES string of the molecule is NCCCCC(NC(=O)C(CCC(=O)O)NC(=O)C(N)CC(=O)O)C(=O)NC(Cc1ccc(O)cc1)C(=O)O. The normalized spacial score (nSPS) is 13.8. The van der Waals surface area contributed by atoms with Crippen molar-refractivity contribution in [2.75, 3.05) is 6.54 Å². The van der Waals surface area contributed by atoms with Crippen molar-refractivity contribution in [1.82, 2.24) is 16.0 Å². The number of hydrogen-bond donors (Lipinski definition) is 9. The van der Waals surface area contributed by atoms with Crippen LogP contribution in [0.25, 0.3) is 0 Å². The maximum absolute atomic E-state index is 13.0. The van der Waals surface area contributed by atoms with Crippen LogP contribution in [-0.4, -0.2) is 86.8 Å².